The van der Waals surface area contributed by atoms with Crippen LogP contribution < -0.4 is 0 Å². The molecule has 0 bridgehead atoms. The minimum Gasteiger partial charge on any atom is -0.342 e. The number of carbonyl (C=O) groups excluding carboxylic acids is 2. The Kier molecular flexibility index (Phi) is 7.35. The number of ketones is 1. The number of Topliss-reactive ketones (excluding diaryl/α,β-unsaturated/α-hetero) is 1. The largest absolute Gasteiger partial charge is 0.342 e. The predicted molar refractivity (Wildman–Crippen MR) is 108 cm³/mol. The summed E-state index contributed by atoms with van der Waals surface area (Å²) in [6.07, 6.45) is 14.2. The molecular weight excluding hydrogens is 336 g/mol. The Morgan fingerprint density at radius 2 is 1.63 bits per heavy atom. The Hall–Kier alpha value is -1.34. The molecule has 1 amide bonds. The summed E-state index contributed by atoms with van der Waals surface area (Å²) in [6.45, 7) is 7.21. The van der Waals surface area contributed by atoms with E-state index in [-0.39, 0.29) is 11.8 Å². The van der Waals surface area contributed by atoms with Crippen molar-refractivity contribution in [1.82, 2.24) is 9.80 Å². The third kappa shape index (κ3) is 5.35. The summed E-state index contributed by atoms with van der Waals surface area (Å²) in [5.74, 6) is 5.16. The van der Waals surface area contributed by atoms with Crippen molar-refractivity contribution in [3.63, 3.8) is 0 Å². The monoisotopic (exact) mass is 372 g/mol. The van der Waals surface area contributed by atoms with Gasteiger partial charge in [0.15, 0.2) is 0 Å². The van der Waals surface area contributed by atoms with Gasteiger partial charge >= 0.3 is 0 Å². The molecule has 3 aliphatic rings. The molecule has 3 rings (SSSR count). The third-order valence-electron chi connectivity index (χ3n) is 6.98. The van der Waals surface area contributed by atoms with E-state index in [1.54, 1.807) is 0 Å². The van der Waals surface area contributed by atoms with Gasteiger partial charge in [-0.3, -0.25) is 9.59 Å². The summed E-state index contributed by atoms with van der Waals surface area (Å²) in [6, 6.07) is 0. The highest BCUT2D eigenvalue weighted by Crippen LogP contribution is 2.32. The molecule has 0 spiro atoms. The van der Waals surface area contributed by atoms with Gasteiger partial charge in [-0.2, -0.15) is 0 Å². The van der Waals surface area contributed by atoms with Crippen molar-refractivity contribution in [2.75, 3.05) is 32.7 Å². The Morgan fingerprint density at radius 3 is 2.22 bits per heavy atom. The number of hydrogen-bond donors (Lipinski definition) is 0. The Balaban J connectivity index is 1.38. The topological polar surface area (TPSA) is 40.6 Å². The first-order valence-electron chi connectivity index (χ1n) is 11.1. The summed E-state index contributed by atoms with van der Waals surface area (Å²) in [7, 11) is 0. The van der Waals surface area contributed by atoms with Crippen LogP contribution in [0.2, 0.25) is 0 Å². The number of carbonyl (C=O) groups is 2. The van der Waals surface area contributed by atoms with Crippen molar-refractivity contribution in [3.8, 4) is 12.3 Å². The Bertz CT molecular complexity index is 551. The van der Waals surface area contributed by atoms with Crippen molar-refractivity contribution in [3.05, 3.63) is 0 Å². The summed E-state index contributed by atoms with van der Waals surface area (Å²) >= 11 is 0. The maximum atomic E-state index is 12.9. The van der Waals surface area contributed by atoms with Crippen LogP contribution in [-0.4, -0.2) is 54.2 Å². The highest BCUT2D eigenvalue weighted by atomic mass is 16.2. The fourth-order valence-corrected chi connectivity index (χ4v) is 5.21. The van der Waals surface area contributed by atoms with Crippen LogP contribution >= 0.6 is 0 Å². The molecule has 150 valence electrons. The van der Waals surface area contributed by atoms with Crippen LogP contribution in [0, 0.1) is 36.0 Å². The smallest absolute Gasteiger partial charge is 0.225 e. The van der Waals surface area contributed by atoms with Crippen LogP contribution in [0.4, 0.5) is 0 Å². The summed E-state index contributed by atoms with van der Waals surface area (Å²) in [5, 5.41) is 0. The number of amides is 1. The molecule has 2 saturated heterocycles. The zero-order chi connectivity index (χ0) is 19.2. The molecule has 27 heavy (non-hydrogen) atoms. The molecule has 1 atom stereocenters. The second-order valence-corrected chi connectivity index (χ2v) is 8.95. The predicted octanol–water partition coefficient (Wildman–Crippen LogP) is 3.36. The van der Waals surface area contributed by atoms with E-state index in [4.69, 9.17) is 6.42 Å². The zero-order valence-corrected chi connectivity index (χ0v) is 17.0. The maximum Gasteiger partial charge on any atom is 0.225 e. The van der Waals surface area contributed by atoms with Gasteiger partial charge in [0, 0.05) is 50.4 Å². The average Bonchev–Trinajstić information content (AvgIpc) is 3.16. The number of piperidine rings is 1. The van der Waals surface area contributed by atoms with E-state index >= 15 is 0 Å². The van der Waals surface area contributed by atoms with Crippen LogP contribution in [-0.2, 0) is 9.59 Å². The van der Waals surface area contributed by atoms with Crippen LogP contribution in [0.1, 0.15) is 64.7 Å². The third-order valence-corrected chi connectivity index (χ3v) is 6.98. The van der Waals surface area contributed by atoms with E-state index in [0.29, 0.717) is 29.9 Å². The number of nitrogens with zero attached hydrogens (tertiary/aromatic N) is 2. The lowest BCUT2D eigenvalue weighted by Crippen LogP contribution is -2.44. The van der Waals surface area contributed by atoms with Crippen molar-refractivity contribution in [2.24, 2.45) is 23.7 Å². The number of hydrogen-bond acceptors (Lipinski definition) is 3. The first-order chi connectivity index (χ1) is 13.1. The Labute approximate surface area is 165 Å². The molecule has 0 N–H and O–H groups in total. The van der Waals surface area contributed by atoms with Gasteiger partial charge < -0.3 is 9.80 Å². The van der Waals surface area contributed by atoms with E-state index < -0.39 is 0 Å². The highest BCUT2D eigenvalue weighted by Gasteiger charge is 2.33. The first kappa shape index (κ1) is 20.4. The summed E-state index contributed by atoms with van der Waals surface area (Å²) in [4.78, 5) is 29.6. The lowest BCUT2D eigenvalue weighted by Gasteiger charge is -2.37. The lowest BCUT2D eigenvalue weighted by molar-refractivity contribution is -0.139. The standard InChI is InChI=1S/C23H36N2O2/c1-3-5-22(26)20-6-8-21(9-7-20)23(27)25-14-11-19(12-15-25)17-24-13-10-18(4-2)16-24/h2,18-21H,3,5-17H2,1H3. The average molecular weight is 373 g/mol. The molecule has 2 aliphatic heterocycles. The van der Waals surface area contributed by atoms with Crippen molar-refractivity contribution >= 4 is 11.7 Å². The van der Waals surface area contributed by atoms with Crippen molar-refractivity contribution in [2.45, 2.75) is 64.7 Å². The first-order valence-corrected chi connectivity index (χ1v) is 11.1. The van der Waals surface area contributed by atoms with Gasteiger partial charge in [0.2, 0.25) is 5.91 Å². The molecule has 0 aromatic rings. The molecule has 4 nitrogen and oxygen atoms in total. The number of likely N-dealkylation sites (tertiary alicyclic amines) is 2. The second-order valence-electron chi connectivity index (χ2n) is 8.95. The van der Waals surface area contributed by atoms with Gasteiger partial charge in [-0.15, -0.1) is 12.3 Å². The minimum absolute atomic E-state index is 0.155. The molecule has 1 aliphatic carbocycles. The van der Waals surface area contributed by atoms with Crippen LogP contribution in [0.15, 0.2) is 0 Å². The molecule has 0 radical (unpaired) electrons. The van der Waals surface area contributed by atoms with Gasteiger partial charge in [-0.05, 0) is 63.8 Å². The van der Waals surface area contributed by atoms with Crippen LogP contribution in [0.3, 0.4) is 0 Å². The fourth-order valence-electron chi connectivity index (χ4n) is 5.21. The van der Waals surface area contributed by atoms with E-state index in [1.165, 1.54) is 0 Å². The number of rotatable bonds is 6. The van der Waals surface area contributed by atoms with Gasteiger partial charge in [0.1, 0.15) is 5.78 Å². The zero-order valence-electron chi connectivity index (χ0n) is 17.0. The van der Waals surface area contributed by atoms with E-state index in [1.807, 2.05) is 0 Å². The number of terminal acetylenes is 1. The fraction of sp³-hybridized carbons (Fsp3) is 0.826. The highest BCUT2D eigenvalue weighted by molar-refractivity contribution is 5.82. The van der Waals surface area contributed by atoms with Crippen molar-refractivity contribution in [1.29, 1.82) is 0 Å². The molecule has 4 heteroatoms. The van der Waals surface area contributed by atoms with Gasteiger partial charge in [0.05, 0.1) is 0 Å². The Morgan fingerprint density at radius 1 is 0.963 bits per heavy atom. The molecule has 0 aromatic carbocycles. The molecule has 3 fully saturated rings. The van der Waals surface area contributed by atoms with Gasteiger partial charge in [-0.1, -0.05) is 6.92 Å². The molecule has 1 saturated carbocycles. The van der Waals surface area contributed by atoms with Gasteiger partial charge in [-0.25, -0.2) is 0 Å². The summed E-state index contributed by atoms with van der Waals surface area (Å²) < 4.78 is 0. The molecular formula is C23H36N2O2. The minimum atomic E-state index is 0.155. The molecule has 1 unspecified atom stereocenters. The summed E-state index contributed by atoms with van der Waals surface area (Å²) in [5.41, 5.74) is 0. The lowest BCUT2D eigenvalue weighted by atomic mass is 9.78. The second kappa shape index (κ2) is 9.73. The SMILES string of the molecule is C#CC1CCN(CC2CCN(C(=O)C3CCC(C(=O)CCC)CC3)CC2)C1. The quantitative estimate of drug-likeness (QED) is 0.671. The van der Waals surface area contributed by atoms with Crippen LogP contribution in [0.5, 0.6) is 0 Å². The maximum absolute atomic E-state index is 12.9. The van der Waals surface area contributed by atoms with Crippen LogP contribution in [0.25, 0.3) is 0 Å². The van der Waals surface area contributed by atoms with Crippen molar-refractivity contribution < 1.29 is 9.59 Å². The molecule has 0 aromatic heterocycles. The normalized spacial score (nSPS) is 30.2. The van der Waals surface area contributed by atoms with E-state index in [2.05, 4.69) is 22.6 Å². The van der Waals surface area contributed by atoms with E-state index in [0.717, 1.165) is 84.1 Å². The molecule has 2 heterocycles. The van der Waals surface area contributed by atoms with Gasteiger partial charge in [0.25, 0.3) is 0 Å². The van der Waals surface area contributed by atoms with E-state index in [9.17, 15) is 9.59 Å².